The standard InChI is InChI=1S/C20H35N5/c1-4-6-11-22-20(21-5-2)23-16-18-7-9-19(10-8-18)17-25-14-12-24(3)13-15-25/h7-10H,4-6,11-17H2,1-3H3,(H2,21,22,23). The van der Waals surface area contributed by atoms with Crippen LogP contribution in [-0.4, -0.2) is 62.1 Å². The highest BCUT2D eigenvalue weighted by molar-refractivity contribution is 5.79. The molecular weight excluding hydrogens is 310 g/mol. The maximum Gasteiger partial charge on any atom is 0.191 e. The molecule has 1 aliphatic rings. The normalized spacial score (nSPS) is 16.8. The first kappa shape index (κ1) is 19.7. The van der Waals surface area contributed by atoms with E-state index in [1.807, 2.05) is 0 Å². The molecule has 0 aliphatic carbocycles. The van der Waals surface area contributed by atoms with Crippen LogP contribution in [0.5, 0.6) is 0 Å². The molecule has 25 heavy (non-hydrogen) atoms. The number of nitrogens with zero attached hydrogens (tertiary/aromatic N) is 3. The van der Waals surface area contributed by atoms with Crippen molar-refractivity contribution in [2.45, 2.75) is 39.8 Å². The molecule has 140 valence electrons. The highest BCUT2D eigenvalue weighted by atomic mass is 15.2. The van der Waals surface area contributed by atoms with Gasteiger partial charge in [-0.1, -0.05) is 37.6 Å². The van der Waals surface area contributed by atoms with Crippen LogP contribution in [-0.2, 0) is 13.1 Å². The zero-order chi connectivity index (χ0) is 17.9. The lowest BCUT2D eigenvalue weighted by Gasteiger charge is -2.32. The number of likely N-dealkylation sites (N-methyl/N-ethyl adjacent to an activating group) is 1. The van der Waals surface area contributed by atoms with Crippen molar-refractivity contribution in [2.75, 3.05) is 46.3 Å². The zero-order valence-electron chi connectivity index (χ0n) is 16.2. The Morgan fingerprint density at radius 3 is 2.32 bits per heavy atom. The molecule has 5 heteroatoms. The molecule has 1 aliphatic heterocycles. The summed E-state index contributed by atoms with van der Waals surface area (Å²) in [6.07, 6.45) is 2.37. The van der Waals surface area contributed by atoms with E-state index in [4.69, 9.17) is 0 Å². The summed E-state index contributed by atoms with van der Waals surface area (Å²) in [6.45, 7) is 12.6. The number of unbranched alkanes of at least 4 members (excludes halogenated alkanes) is 1. The van der Waals surface area contributed by atoms with E-state index in [-0.39, 0.29) is 0 Å². The molecule has 5 nitrogen and oxygen atoms in total. The van der Waals surface area contributed by atoms with Crippen molar-refractivity contribution in [1.29, 1.82) is 0 Å². The molecule has 0 spiro atoms. The fraction of sp³-hybridized carbons (Fsp3) is 0.650. The third kappa shape index (κ3) is 7.45. The molecule has 1 heterocycles. The van der Waals surface area contributed by atoms with Crippen LogP contribution in [0, 0.1) is 0 Å². The van der Waals surface area contributed by atoms with E-state index in [1.165, 1.54) is 37.1 Å². The molecule has 0 aromatic heterocycles. The first-order chi connectivity index (χ1) is 12.2. The number of guanidine groups is 1. The summed E-state index contributed by atoms with van der Waals surface area (Å²) in [7, 11) is 2.20. The van der Waals surface area contributed by atoms with Gasteiger partial charge in [-0.15, -0.1) is 0 Å². The minimum Gasteiger partial charge on any atom is -0.357 e. The van der Waals surface area contributed by atoms with E-state index in [0.717, 1.165) is 45.2 Å². The highest BCUT2D eigenvalue weighted by Crippen LogP contribution is 2.10. The van der Waals surface area contributed by atoms with Gasteiger partial charge in [-0.3, -0.25) is 4.90 Å². The fourth-order valence-electron chi connectivity index (χ4n) is 2.91. The fourth-order valence-corrected chi connectivity index (χ4v) is 2.91. The number of rotatable bonds is 8. The Morgan fingerprint density at radius 1 is 1.00 bits per heavy atom. The molecule has 0 atom stereocenters. The first-order valence-electron chi connectivity index (χ1n) is 9.72. The van der Waals surface area contributed by atoms with E-state index in [0.29, 0.717) is 0 Å². The molecular formula is C20H35N5. The summed E-state index contributed by atoms with van der Waals surface area (Å²) in [6, 6.07) is 8.93. The highest BCUT2D eigenvalue weighted by Gasteiger charge is 2.13. The van der Waals surface area contributed by atoms with Gasteiger partial charge in [0.15, 0.2) is 5.96 Å². The number of hydrogen-bond acceptors (Lipinski definition) is 3. The van der Waals surface area contributed by atoms with Gasteiger partial charge in [0.1, 0.15) is 0 Å². The SMILES string of the molecule is CCCCNC(=NCc1ccc(CN2CCN(C)CC2)cc1)NCC. The molecule has 0 bridgehead atoms. The molecule has 1 fully saturated rings. The van der Waals surface area contributed by atoms with E-state index >= 15 is 0 Å². The van der Waals surface area contributed by atoms with Gasteiger partial charge in [-0.2, -0.15) is 0 Å². The van der Waals surface area contributed by atoms with Gasteiger partial charge in [0.2, 0.25) is 0 Å². The van der Waals surface area contributed by atoms with Crippen molar-refractivity contribution in [3.8, 4) is 0 Å². The maximum atomic E-state index is 4.69. The van der Waals surface area contributed by atoms with Gasteiger partial charge in [0, 0.05) is 45.8 Å². The lowest BCUT2D eigenvalue weighted by atomic mass is 10.1. The smallest absolute Gasteiger partial charge is 0.191 e. The van der Waals surface area contributed by atoms with Gasteiger partial charge >= 0.3 is 0 Å². The average Bonchev–Trinajstić information content (AvgIpc) is 2.63. The molecule has 0 radical (unpaired) electrons. The monoisotopic (exact) mass is 345 g/mol. The van der Waals surface area contributed by atoms with Crippen molar-refractivity contribution in [3.05, 3.63) is 35.4 Å². The molecule has 1 aromatic rings. The van der Waals surface area contributed by atoms with E-state index in [1.54, 1.807) is 0 Å². The molecule has 1 aromatic carbocycles. The molecule has 2 N–H and O–H groups in total. The number of piperazine rings is 1. The molecule has 1 saturated heterocycles. The van der Waals surface area contributed by atoms with Crippen LogP contribution in [0.15, 0.2) is 29.3 Å². The van der Waals surface area contributed by atoms with Gasteiger partial charge in [-0.05, 0) is 31.5 Å². The second-order valence-electron chi connectivity index (χ2n) is 6.87. The number of nitrogens with one attached hydrogen (secondary N) is 2. The van der Waals surface area contributed by atoms with Crippen LogP contribution in [0.2, 0.25) is 0 Å². The average molecular weight is 346 g/mol. The summed E-state index contributed by atoms with van der Waals surface area (Å²) in [5, 5.41) is 6.70. The van der Waals surface area contributed by atoms with Crippen LogP contribution in [0.4, 0.5) is 0 Å². The summed E-state index contributed by atoms with van der Waals surface area (Å²) >= 11 is 0. The molecule has 0 saturated carbocycles. The lowest BCUT2D eigenvalue weighted by molar-refractivity contribution is 0.148. The molecule has 0 unspecified atom stereocenters. The van der Waals surface area contributed by atoms with Crippen LogP contribution < -0.4 is 10.6 Å². The molecule has 0 amide bonds. The maximum absolute atomic E-state index is 4.69. The van der Waals surface area contributed by atoms with E-state index in [2.05, 4.69) is 70.6 Å². The number of aliphatic imine (C=N–C) groups is 1. The van der Waals surface area contributed by atoms with Crippen molar-refractivity contribution in [3.63, 3.8) is 0 Å². The predicted molar refractivity (Wildman–Crippen MR) is 107 cm³/mol. The Balaban J connectivity index is 1.82. The Labute approximate surface area is 153 Å². The van der Waals surface area contributed by atoms with Gasteiger partial charge < -0.3 is 15.5 Å². The van der Waals surface area contributed by atoms with E-state index in [9.17, 15) is 0 Å². The van der Waals surface area contributed by atoms with Crippen molar-refractivity contribution < 1.29 is 0 Å². The summed E-state index contributed by atoms with van der Waals surface area (Å²) < 4.78 is 0. The third-order valence-corrected chi connectivity index (χ3v) is 4.61. The van der Waals surface area contributed by atoms with Crippen LogP contribution >= 0.6 is 0 Å². The van der Waals surface area contributed by atoms with Gasteiger partial charge in [0.05, 0.1) is 6.54 Å². The van der Waals surface area contributed by atoms with Crippen LogP contribution in [0.3, 0.4) is 0 Å². The first-order valence-corrected chi connectivity index (χ1v) is 9.72. The van der Waals surface area contributed by atoms with Gasteiger partial charge in [-0.25, -0.2) is 4.99 Å². The second-order valence-corrected chi connectivity index (χ2v) is 6.87. The Kier molecular flexibility index (Phi) is 8.77. The quantitative estimate of drug-likeness (QED) is 0.431. The van der Waals surface area contributed by atoms with Crippen molar-refractivity contribution >= 4 is 5.96 Å². The van der Waals surface area contributed by atoms with E-state index < -0.39 is 0 Å². The Bertz CT molecular complexity index is 503. The van der Waals surface area contributed by atoms with Crippen molar-refractivity contribution in [2.24, 2.45) is 4.99 Å². The zero-order valence-corrected chi connectivity index (χ0v) is 16.2. The minimum absolute atomic E-state index is 0.718. The topological polar surface area (TPSA) is 42.9 Å². The summed E-state index contributed by atoms with van der Waals surface area (Å²) in [5.41, 5.74) is 2.65. The van der Waals surface area contributed by atoms with Crippen LogP contribution in [0.25, 0.3) is 0 Å². The van der Waals surface area contributed by atoms with Crippen LogP contribution in [0.1, 0.15) is 37.8 Å². The lowest BCUT2D eigenvalue weighted by Crippen LogP contribution is -2.43. The van der Waals surface area contributed by atoms with Gasteiger partial charge in [0.25, 0.3) is 0 Å². The molecule has 2 rings (SSSR count). The minimum atomic E-state index is 0.718. The summed E-state index contributed by atoms with van der Waals surface area (Å²) in [4.78, 5) is 9.62. The Hall–Kier alpha value is -1.59. The number of benzene rings is 1. The number of hydrogen-bond donors (Lipinski definition) is 2. The second kappa shape index (κ2) is 11.1. The summed E-state index contributed by atoms with van der Waals surface area (Å²) in [5.74, 6) is 0.914. The Morgan fingerprint density at radius 2 is 1.68 bits per heavy atom. The van der Waals surface area contributed by atoms with Crippen molar-refractivity contribution in [1.82, 2.24) is 20.4 Å². The predicted octanol–water partition coefficient (Wildman–Crippen LogP) is 2.29. The largest absolute Gasteiger partial charge is 0.357 e. The third-order valence-electron chi connectivity index (χ3n) is 4.61.